The van der Waals surface area contributed by atoms with E-state index in [0.29, 0.717) is 52.5 Å². The highest BCUT2D eigenvalue weighted by atomic mass is 32.1. The van der Waals surface area contributed by atoms with E-state index in [1.54, 1.807) is 22.1 Å². The van der Waals surface area contributed by atoms with Crippen molar-refractivity contribution in [2.45, 2.75) is 13.0 Å². The highest BCUT2D eigenvalue weighted by molar-refractivity contribution is 7.21. The molecule has 0 N–H and O–H groups in total. The van der Waals surface area contributed by atoms with Gasteiger partial charge in [-0.15, -0.1) is 11.3 Å². The number of carbonyl (C=O) groups is 2. The molecule has 35 heavy (non-hydrogen) atoms. The average Bonchev–Trinajstić information content (AvgIpc) is 3.28. The van der Waals surface area contributed by atoms with Crippen molar-refractivity contribution in [1.29, 1.82) is 0 Å². The van der Waals surface area contributed by atoms with Gasteiger partial charge >= 0.3 is 0 Å². The molecule has 0 atom stereocenters. The monoisotopic (exact) mass is 489 g/mol. The maximum absolute atomic E-state index is 14.8. The Morgan fingerprint density at radius 3 is 2.40 bits per heavy atom. The second-order valence-electron chi connectivity index (χ2n) is 8.30. The van der Waals surface area contributed by atoms with Gasteiger partial charge < -0.3 is 14.5 Å². The van der Waals surface area contributed by atoms with Crippen LogP contribution in [-0.4, -0.2) is 52.8 Å². The molecule has 6 nitrogen and oxygen atoms in total. The molecule has 1 aliphatic heterocycles. The lowest BCUT2D eigenvalue weighted by Crippen LogP contribution is -2.51. The molecule has 0 saturated carbocycles. The number of rotatable bonds is 6. The fourth-order valence-corrected chi connectivity index (χ4v) is 5.41. The van der Waals surface area contributed by atoms with Gasteiger partial charge in [-0.2, -0.15) is 0 Å². The van der Waals surface area contributed by atoms with Crippen LogP contribution in [-0.2, 0) is 17.8 Å². The Morgan fingerprint density at radius 2 is 1.66 bits per heavy atom. The molecule has 4 aromatic rings. The molecule has 3 heterocycles. The zero-order valence-corrected chi connectivity index (χ0v) is 19.8. The normalized spacial score (nSPS) is 13.7. The number of amides is 2. The first-order valence-corrected chi connectivity index (χ1v) is 12.3. The van der Waals surface area contributed by atoms with Crippen LogP contribution in [0.5, 0.6) is 5.75 Å². The number of benzene rings is 2. The smallest absolute Gasteiger partial charge is 0.264 e. The second kappa shape index (κ2) is 10.2. The van der Waals surface area contributed by atoms with Gasteiger partial charge in [0, 0.05) is 53.7 Å². The number of aromatic nitrogens is 1. The number of pyridine rings is 1. The van der Waals surface area contributed by atoms with Crippen molar-refractivity contribution in [2.24, 2.45) is 0 Å². The van der Waals surface area contributed by atoms with E-state index in [4.69, 9.17) is 4.74 Å². The molecule has 5 rings (SSSR count). The summed E-state index contributed by atoms with van der Waals surface area (Å²) in [4.78, 5) is 34.4. The SMILES string of the molecule is O=C(Cc1ccccn1)N1CCN(C(=O)c2sc3cccc(F)c3c2COc2ccccc2)CC1. The van der Waals surface area contributed by atoms with Crippen LogP contribution in [0.2, 0.25) is 0 Å². The largest absolute Gasteiger partial charge is 0.489 e. The van der Waals surface area contributed by atoms with E-state index in [9.17, 15) is 14.0 Å². The zero-order chi connectivity index (χ0) is 24.2. The first-order chi connectivity index (χ1) is 17.1. The van der Waals surface area contributed by atoms with Gasteiger partial charge in [-0.3, -0.25) is 14.6 Å². The summed E-state index contributed by atoms with van der Waals surface area (Å²) in [5.41, 5.74) is 1.29. The Hall–Kier alpha value is -3.78. The summed E-state index contributed by atoms with van der Waals surface area (Å²) >= 11 is 1.28. The Bertz CT molecular complexity index is 1340. The third kappa shape index (κ3) is 5.02. The third-order valence-electron chi connectivity index (χ3n) is 6.06. The molecule has 8 heteroatoms. The van der Waals surface area contributed by atoms with E-state index in [2.05, 4.69) is 4.98 Å². The molecule has 2 aromatic heterocycles. The van der Waals surface area contributed by atoms with Crippen molar-refractivity contribution in [3.63, 3.8) is 0 Å². The van der Waals surface area contributed by atoms with Gasteiger partial charge in [-0.05, 0) is 36.4 Å². The molecule has 178 valence electrons. The first-order valence-electron chi connectivity index (χ1n) is 11.4. The molecule has 0 spiro atoms. The van der Waals surface area contributed by atoms with E-state index in [0.717, 1.165) is 5.69 Å². The van der Waals surface area contributed by atoms with E-state index in [-0.39, 0.29) is 30.7 Å². The molecular formula is C27H24FN3O3S. The molecule has 0 aliphatic carbocycles. The van der Waals surface area contributed by atoms with Crippen LogP contribution < -0.4 is 4.74 Å². The first kappa shape index (κ1) is 23.0. The Kier molecular flexibility index (Phi) is 6.72. The summed E-state index contributed by atoms with van der Waals surface area (Å²) in [6, 6.07) is 19.7. The Morgan fingerprint density at radius 1 is 0.914 bits per heavy atom. The second-order valence-corrected chi connectivity index (χ2v) is 9.35. The molecule has 1 aliphatic rings. The van der Waals surface area contributed by atoms with Gasteiger partial charge in [-0.25, -0.2) is 4.39 Å². The lowest BCUT2D eigenvalue weighted by atomic mass is 10.1. The summed E-state index contributed by atoms with van der Waals surface area (Å²) in [5.74, 6) is 0.127. The lowest BCUT2D eigenvalue weighted by Gasteiger charge is -2.34. The molecule has 1 fully saturated rings. The minimum Gasteiger partial charge on any atom is -0.489 e. The number of nitrogens with zero attached hydrogens (tertiary/aromatic N) is 3. The predicted molar refractivity (Wildman–Crippen MR) is 133 cm³/mol. The van der Waals surface area contributed by atoms with Gasteiger partial charge in [0.25, 0.3) is 5.91 Å². The number of hydrogen-bond acceptors (Lipinski definition) is 5. The van der Waals surface area contributed by atoms with E-state index in [1.165, 1.54) is 17.4 Å². The number of fused-ring (bicyclic) bond motifs is 1. The summed E-state index contributed by atoms with van der Waals surface area (Å²) in [5, 5.41) is 0.431. The quantitative estimate of drug-likeness (QED) is 0.399. The topological polar surface area (TPSA) is 62.7 Å². The van der Waals surface area contributed by atoms with Gasteiger partial charge in [-0.1, -0.05) is 30.3 Å². The van der Waals surface area contributed by atoms with Crippen molar-refractivity contribution in [3.8, 4) is 5.75 Å². The van der Waals surface area contributed by atoms with Crippen LogP contribution in [0.15, 0.2) is 72.9 Å². The molecule has 0 radical (unpaired) electrons. The van der Waals surface area contributed by atoms with Crippen molar-refractivity contribution in [1.82, 2.24) is 14.8 Å². The van der Waals surface area contributed by atoms with Gasteiger partial charge in [0.1, 0.15) is 18.2 Å². The molecule has 2 amide bonds. The number of carbonyl (C=O) groups excluding carboxylic acids is 2. The van der Waals surface area contributed by atoms with E-state index >= 15 is 0 Å². The fourth-order valence-electron chi connectivity index (χ4n) is 4.22. The van der Waals surface area contributed by atoms with Crippen LogP contribution in [0.25, 0.3) is 10.1 Å². The van der Waals surface area contributed by atoms with Crippen molar-refractivity contribution < 1.29 is 18.7 Å². The standard InChI is InChI=1S/C27H24FN3O3S/c28-22-10-6-11-23-25(22)21(18-34-20-8-2-1-3-9-20)26(35-23)27(33)31-15-13-30(14-16-31)24(32)17-19-7-4-5-12-29-19/h1-12H,13-18H2. The fraction of sp³-hybridized carbons (Fsp3) is 0.222. The Labute approximate surface area is 206 Å². The van der Waals surface area contributed by atoms with Gasteiger partial charge in [0.05, 0.1) is 11.3 Å². The van der Waals surface area contributed by atoms with Crippen LogP contribution in [0.1, 0.15) is 20.9 Å². The maximum Gasteiger partial charge on any atom is 0.264 e. The highest BCUT2D eigenvalue weighted by Gasteiger charge is 2.29. The number of halogens is 1. The molecule has 0 bridgehead atoms. The third-order valence-corrected chi connectivity index (χ3v) is 7.25. The van der Waals surface area contributed by atoms with Crippen LogP contribution in [0.3, 0.4) is 0 Å². The van der Waals surface area contributed by atoms with Crippen LogP contribution in [0, 0.1) is 5.82 Å². The van der Waals surface area contributed by atoms with Crippen LogP contribution in [0.4, 0.5) is 4.39 Å². The molecule has 2 aromatic carbocycles. The number of piperazine rings is 1. The van der Waals surface area contributed by atoms with Crippen molar-refractivity contribution in [2.75, 3.05) is 26.2 Å². The van der Waals surface area contributed by atoms with Gasteiger partial charge in [0.2, 0.25) is 5.91 Å². The minimum atomic E-state index is -0.366. The van der Waals surface area contributed by atoms with E-state index < -0.39 is 0 Å². The van der Waals surface area contributed by atoms with Crippen molar-refractivity contribution in [3.05, 3.63) is 94.9 Å². The number of para-hydroxylation sites is 1. The summed E-state index contributed by atoms with van der Waals surface area (Å²) in [7, 11) is 0. The maximum atomic E-state index is 14.8. The lowest BCUT2D eigenvalue weighted by molar-refractivity contribution is -0.132. The highest BCUT2D eigenvalue weighted by Crippen LogP contribution is 2.35. The molecular weight excluding hydrogens is 465 g/mol. The average molecular weight is 490 g/mol. The number of thiophene rings is 1. The number of hydrogen-bond donors (Lipinski definition) is 0. The summed E-state index contributed by atoms with van der Waals surface area (Å²) in [6.45, 7) is 1.83. The summed E-state index contributed by atoms with van der Waals surface area (Å²) in [6.07, 6.45) is 1.91. The van der Waals surface area contributed by atoms with Crippen molar-refractivity contribution >= 4 is 33.2 Å². The van der Waals surface area contributed by atoms with E-state index in [1.807, 2.05) is 54.6 Å². The van der Waals surface area contributed by atoms with Crippen LogP contribution >= 0.6 is 11.3 Å². The van der Waals surface area contributed by atoms with Gasteiger partial charge in [0.15, 0.2) is 0 Å². The predicted octanol–water partition coefficient (Wildman–Crippen LogP) is 4.54. The zero-order valence-electron chi connectivity index (χ0n) is 19.0. The number of ether oxygens (including phenoxy) is 1. The molecule has 1 saturated heterocycles. The minimum absolute atomic E-state index is 0.00307. The molecule has 0 unspecified atom stereocenters. The summed E-state index contributed by atoms with van der Waals surface area (Å²) < 4.78 is 21.4. The Balaban J connectivity index is 1.31.